The molecular formula is C16H12Cl2N2O2S. The summed E-state index contributed by atoms with van der Waals surface area (Å²) in [6.07, 6.45) is 0. The summed E-state index contributed by atoms with van der Waals surface area (Å²) in [5.74, 6) is -0.343. The predicted octanol–water partition coefficient (Wildman–Crippen LogP) is 4.38. The molecule has 2 aromatic rings. The highest BCUT2D eigenvalue weighted by Crippen LogP contribution is 2.37. The highest BCUT2D eigenvalue weighted by Gasteiger charge is 2.50. The lowest BCUT2D eigenvalue weighted by Crippen LogP contribution is -2.39. The van der Waals surface area contributed by atoms with E-state index in [4.69, 9.17) is 40.2 Å². The maximum Gasteiger partial charge on any atom is 0.297 e. The Balaban J connectivity index is 1.93. The van der Waals surface area contributed by atoms with E-state index in [1.165, 1.54) is 5.01 Å². The maximum absolute atomic E-state index is 12.8. The number of anilines is 1. The number of para-hydroxylation sites is 1. The number of ether oxygens (including phenoxy) is 1. The molecule has 0 radical (unpaired) electrons. The third-order valence-electron chi connectivity index (χ3n) is 3.51. The Hall–Kier alpha value is -1.82. The van der Waals surface area contributed by atoms with E-state index >= 15 is 0 Å². The summed E-state index contributed by atoms with van der Waals surface area (Å²) in [7, 11) is 0. The standard InChI is InChI=1S/C16H12Cl2N2O2S/c1-16(10-7-11(17)9-12(18)8-10)14(21)20(15(23)22-16)19-13-5-3-2-4-6-13/h2-9,19H,1H3. The number of thiocarbonyl (C=S) groups is 1. The molecule has 1 saturated heterocycles. The molecule has 1 fully saturated rings. The van der Waals surface area contributed by atoms with Crippen LogP contribution in [0.1, 0.15) is 12.5 Å². The van der Waals surface area contributed by atoms with Crippen LogP contribution in [0, 0.1) is 0 Å². The number of hydrogen-bond acceptors (Lipinski definition) is 4. The Morgan fingerprint density at radius 3 is 2.35 bits per heavy atom. The fraction of sp³-hybridized carbons (Fsp3) is 0.125. The summed E-state index contributed by atoms with van der Waals surface area (Å²) in [5, 5.41) is 2.09. The molecule has 1 aliphatic heterocycles. The maximum atomic E-state index is 12.8. The third kappa shape index (κ3) is 3.00. The molecule has 7 heteroatoms. The van der Waals surface area contributed by atoms with Gasteiger partial charge in [-0.25, -0.2) is 0 Å². The molecular weight excluding hydrogens is 355 g/mol. The number of rotatable bonds is 3. The molecule has 1 heterocycles. The van der Waals surface area contributed by atoms with E-state index in [1.54, 1.807) is 25.1 Å². The van der Waals surface area contributed by atoms with Crippen LogP contribution in [0.15, 0.2) is 48.5 Å². The Labute approximate surface area is 148 Å². The van der Waals surface area contributed by atoms with Crippen molar-refractivity contribution >= 4 is 52.2 Å². The molecule has 1 aliphatic rings. The first-order valence-electron chi connectivity index (χ1n) is 6.76. The second-order valence-electron chi connectivity index (χ2n) is 5.18. The minimum absolute atomic E-state index is 0.0393. The summed E-state index contributed by atoms with van der Waals surface area (Å²) < 4.78 is 5.67. The number of hydrogen-bond donors (Lipinski definition) is 1. The van der Waals surface area contributed by atoms with Gasteiger partial charge in [0, 0.05) is 15.6 Å². The zero-order valence-corrected chi connectivity index (χ0v) is 14.4. The van der Waals surface area contributed by atoms with Gasteiger partial charge in [-0.1, -0.05) is 41.4 Å². The van der Waals surface area contributed by atoms with Crippen LogP contribution in [-0.2, 0) is 15.1 Å². The molecule has 0 aromatic heterocycles. The molecule has 3 rings (SSSR count). The molecule has 1 unspecified atom stereocenters. The summed E-state index contributed by atoms with van der Waals surface area (Å²) in [5.41, 5.74) is 2.93. The quantitative estimate of drug-likeness (QED) is 0.818. The van der Waals surface area contributed by atoms with Crippen LogP contribution in [0.3, 0.4) is 0 Å². The summed E-state index contributed by atoms with van der Waals surface area (Å²) in [4.78, 5) is 12.8. The first-order chi connectivity index (χ1) is 10.9. The average Bonchev–Trinajstić information content (AvgIpc) is 2.72. The van der Waals surface area contributed by atoms with Crippen molar-refractivity contribution in [1.29, 1.82) is 0 Å². The fourth-order valence-corrected chi connectivity index (χ4v) is 3.13. The lowest BCUT2D eigenvalue weighted by atomic mass is 9.95. The van der Waals surface area contributed by atoms with E-state index in [9.17, 15) is 4.79 Å². The van der Waals surface area contributed by atoms with Gasteiger partial charge in [-0.3, -0.25) is 10.2 Å². The molecule has 4 nitrogen and oxygen atoms in total. The van der Waals surface area contributed by atoms with Crippen LogP contribution in [-0.4, -0.2) is 16.1 Å². The van der Waals surface area contributed by atoms with E-state index in [0.29, 0.717) is 15.6 Å². The van der Waals surface area contributed by atoms with Crippen LogP contribution in [0.2, 0.25) is 10.0 Å². The Morgan fingerprint density at radius 1 is 1.13 bits per heavy atom. The number of nitrogens with zero attached hydrogens (tertiary/aromatic N) is 1. The zero-order chi connectivity index (χ0) is 16.6. The molecule has 23 heavy (non-hydrogen) atoms. The molecule has 0 bridgehead atoms. The molecule has 0 spiro atoms. The molecule has 1 N–H and O–H groups in total. The van der Waals surface area contributed by atoms with Crippen LogP contribution in [0.5, 0.6) is 0 Å². The first-order valence-corrected chi connectivity index (χ1v) is 7.92. The Morgan fingerprint density at radius 2 is 1.74 bits per heavy atom. The van der Waals surface area contributed by atoms with Crippen LogP contribution in [0.25, 0.3) is 0 Å². The van der Waals surface area contributed by atoms with Gasteiger partial charge in [0.15, 0.2) is 0 Å². The molecule has 1 atom stereocenters. The smallest absolute Gasteiger partial charge is 0.297 e. The number of amides is 1. The lowest BCUT2D eigenvalue weighted by Gasteiger charge is -2.21. The highest BCUT2D eigenvalue weighted by atomic mass is 35.5. The van der Waals surface area contributed by atoms with Crippen molar-refractivity contribution in [2.75, 3.05) is 5.43 Å². The van der Waals surface area contributed by atoms with E-state index in [1.807, 2.05) is 30.3 Å². The number of carbonyl (C=O) groups is 1. The summed E-state index contributed by atoms with van der Waals surface area (Å²) >= 11 is 17.2. The predicted molar refractivity (Wildman–Crippen MR) is 94.4 cm³/mol. The number of halogens is 2. The highest BCUT2D eigenvalue weighted by molar-refractivity contribution is 7.80. The topological polar surface area (TPSA) is 41.6 Å². The number of hydrazine groups is 1. The monoisotopic (exact) mass is 366 g/mol. The van der Waals surface area contributed by atoms with Crippen molar-refractivity contribution in [2.24, 2.45) is 0 Å². The molecule has 118 valence electrons. The Bertz CT molecular complexity index is 765. The second-order valence-corrected chi connectivity index (χ2v) is 6.40. The van der Waals surface area contributed by atoms with Gasteiger partial charge < -0.3 is 4.74 Å². The van der Waals surface area contributed by atoms with Crippen LogP contribution < -0.4 is 5.43 Å². The average molecular weight is 367 g/mol. The first kappa shape index (κ1) is 16.1. The molecule has 2 aromatic carbocycles. The molecule has 0 saturated carbocycles. The van der Waals surface area contributed by atoms with Gasteiger partial charge >= 0.3 is 0 Å². The van der Waals surface area contributed by atoms with Gasteiger partial charge in [-0.2, -0.15) is 5.01 Å². The van der Waals surface area contributed by atoms with Gasteiger partial charge in [0.05, 0.1) is 5.69 Å². The summed E-state index contributed by atoms with van der Waals surface area (Å²) in [6, 6.07) is 14.1. The van der Waals surface area contributed by atoms with E-state index < -0.39 is 5.60 Å². The minimum atomic E-state index is -1.28. The van der Waals surface area contributed by atoms with Crippen molar-refractivity contribution in [3.63, 3.8) is 0 Å². The minimum Gasteiger partial charge on any atom is -0.448 e. The van der Waals surface area contributed by atoms with Crippen molar-refractivity contribution in [3.8, 4) is 0 Å². The normalized spacial score (nSPS) is 20.6. The van der Waals surface area contributed by atoms with Gasteiger partial charge in [-0.15, -0.1) is 0 Å². The van der Waals surface area contributed by atoms with Crippen molar-refractivity contribution < 1.29 is 9.53 Å². The number of nitrogens with one attached hydrogen (secondary N) is 1. The SMILES string of the molecule is CC1(c2cc(Cl)cc(Cl)c2)OC(=S)N(Nc2ccccc2)C1=O. The lowest BCUT2D eigenvalue weighted by molar-refractivity contribution is -0.135. The van der Waals surface area contributed by atoms with Crippen LogP contribution in [0.4, 0.5) is 5.69 Å². The van der Waals surface area contributed by atoms with Crippen molar-refractivity contribution in [2.45, 2.75) is 12.5 Å². The van der Waals surface area contributed by atoms with Crippen molar-refractivity contribution in [3.05, 3.63) is 64.1 Å². The number of benzene rings is 2. The third-order valence-corrected chi connectivity index (χ3v) is 4.22. The number of carbonyl (C=O) groups excluding carboxylic acids is 1. The largest absolute Gasteiger partial charge is 0.448 e. The molecule has 0 aliphatic carbocycles. The van der Waals surface area contributed by atoms with E-state index in [-0.39, 0.29) is 11.1 Å². The van der Waals surface area contributed by atoms with Crippen molar-refractivity contribution in [1.82, 2.24) is 5.01 Å². The fourth-order valence-electron chi connectivity index (χ4n) is 2.31. The molecule has 1 amide bonds. The summed E-state index contributed by atoms with van der Waals surface area (Å²) in [6.45, 7) is 1.64. The van der Waals surface area contributed by atoms with Gasteiger partial charge in [-0.05, 0) is 49.5 Å². The zero-order valence-electron chi connectivity index (χ0n) is 12.0. The van der Waals surface area contributed by atoms with E-state index in [2.05, 4.69) is 5.43 Å². The second kappa shape index (κ2) is 6.00. The van der Waals surface area contributed by atoms with Gasteiger partial charge in [0.2, 0.25) is 5.60 Å². The van der Waals surface area contributed by atoms with Crippen LogP contribution >= 0.6 is 35.4 Å². The Kier molecular flexibility index (Phi) is 4.19. The van der Waals surface area contributed by atoms with E-state index in [0.717, 1.165) is 5.69 Å². The van der Waals surface area contributed by atoms with Gasteiger partial charge in [0.25, 0.3) is 11.1 Å². The van der Waals surface area contributed by atoms with Gasteiger partial charge in [0.1, 0.15) is 0 Å².